The van der Waals surface area contributed by atoms with E-state index < -0.39 is 11.6 Å². The van der Waals surface area contributed by atoms with Crippen molar-refractivity contribution < 1.29 is 14.0 Å². The zero-order valence-electron chi connectivity index (χ0n) is 7.50. The van der Waals surface area contributed by atoms with Gasteiger partial charge >= 0.3 is 0 Å². The van der Waals surface area contributed by atoms with Crippen LogP contribution in [0.4, 0.5) is 4.39 Å². The highest BCUT2D eigenvalue weighted by Gasteiger charge is 2.34. The maximum absolute atomic E-state index is 12.5. The second kappa shape index (κ2) is 3.33. The van der Waals surface area contributed by atoms with E-state index in [4.69, 9.17) is 0 Å². The van der Waals surface area contributed by atoms with Crippen molar-refractivity contribution in [2.75, 3.05) is 0 Å². The molecule has 0 N–H and O–H groups in total. The van der Waals surface area contributed by atoms with Crippen LogP contribution >= 0.6 is 0 Å². The average Bonchev–Trinajstić information content (AvgIpc) is 3.00. The van der Waals surface area contributed by atoms with Gasteiger partial charge in [-0.15, -0.1) is 0 Å². The van der Waals surface area contributed by atoms with Gasteiger partial charge in [-0.1, -0.05) is 0 Å². The van der Waals surface area contributed by atoms with Gasteiger partial charge in [0.2, 0.25) is 11.6 Å². The summed E-state index contributed by atoms with van der Waals surface area (Å²) in [5.74, 6) is -1.31. The van der Waals surface area contributed by atoms with Crippen LogP contribution in [0.1, 0.15) is 23.2 Å². The quantitative estimate of drug-likeness (QED) is 0.542. The maximum atomic E-state index is 12.5. The van der Waals surface area contributed by atoms with Crippen LogP contribution in [-0.2, 0) is 4.79 Å². The lowest BCUT2D eigenvalue weighted by molar-refractivity contribution is -0.116. The fourth-order valence-corrected chi connectivity index (χ4v) is 1.27. The van der Waals surface area contributed by atoms with Crippen molar-refractivity contribution in [1.29, 1.82) is 0 Å². The molecular formula is C11H9FO2. The van der Waals surface area contributed by atoms with E-state index in [0.29, 0.717) is 0 Å². The van der Waals surface area contributed by atoms with Crippen LogP contribution in [0.15, 0.2) is 24.3 Å². The van der Waals surface area contributed by atoms with Gasteiger partial charge in [0.15, 0.2) is 0 Å². The highest BCUT2D eigenvalue weighted by molar-refractivity contribution is 6.44. The van der Waals surface area contributed by atoms with Gasteiger partial charge in [-0.2, -0.15) is 0 Å². The van der Waals surface area contributed by atoms with Crippen LogP contribution in [0.3, 0.4) is 0 Å². The number of benzene rings is 1. The fraction of sp³-hybridized carbons (Fsp3) is 0.273. The van der Waals surface area contributed by atoms with Crippen molar-refractivity contribution in [2.45, 2.75) is 12.8 Å². The zero-order chi connectivity index (χ0) is 10.1. The molecule has 1 aliphatic carbocycles. The van der Waals surface area contributed by atoms with Crippen LogP contribution < -0.4 is 0 Å². The number of Topliss-reactive ketones (excluding diaryl/α,β-unsaturated/α-hetero) is 2. The van der Waals surface area contributed by atoms with Gasteiger partial charge in [0, 0.05) is 11.5 Å². The molecule has 0 unspecified atom stereocenters. The largest absolute Gasteiger partial charge is 0.290 e. The molecule has 2 rings (SSSR count). The minimum absolute atomic E-state index is 0.0763. The third-order valence-electron chi connectivity index (χ3n) is 2.28. The average molecular weight is 192 g/mol. The molecule has 0 atom stereocenters. The van der Waals surface area contributed by atoms with Gasteiger partial charge in [0.05, 0.1) is 0 Å². The van der Waals surface area contributed by atoms with E-state index in [1.165, 1.54) is 24.3 Å². The number of rotatable bonds is 3. The minimum Gasteiger partial charge on any atom is -0.290 e. The van der Waals surface area contributed by atoms with Crippen LogP contribution in [-0.4, -0.2) is 11.6 Å². The molecule has 0 aromatic heterocycles. The fourth-order valence-electron chi connectivity index (χ4n) is 1.27. The third-order valence-corrected chi connectivity index (χ3v) is 2.28. The third kappa shape index (κ3) is 1.71. The van der Waals surface area contributed by atoms with Crippen molar-refractivity contribution in [2.24, 2.45) is 5.92 Å². The minimum atomic E-state index is -0.493. The molecule has 1 aromatic rings. The number of ketones is 2. The molecule has 72 valence electrons. The Bertz CT molecular complexity index is 377. The van der Waals surface area contributed by atoms with E-state index in [1.54, 1.807) is 0 Å². The second-order valence-electron chi connectivity index (χ2n) is 3.47. The van der Waals surface area contributed by atoms with Crippen LogP contribution in [0, 0.1) is 11.7 Å². The van der Waals surface area contributed by atoms with Gasteiger partial charge in [0.25, 0.3) is 0 Å². The first-order valence-electron chi connectivity index (χ1n) is 4.52. The standard InChI is InChI=1S/C11H9FO2/c12-9-5-3-8(4-6-9)11(14)10(13)7-1-2-7/h3-7H,1-2H2. The summed E-state index contributed by atoms with van der Waals surface area (Å²) in [5.41, 5.74) is 0.281. The number of carbonyl (C=O) groups is 2. The summed E-state index contributed by atoms with van der Waals surface area (Å²) in [5, 5.41) is 0. The Kier molecular flexibility index (Phi) is 2.15. The van der Waals surface area contributed by atoms with Gasteiger partial charge in [0.1, 0.15) is 5.82 Å². The number of hydrogen-bond donors (Lipinski definition) is 0. The molecule has 1 aliphatic rings. The molecule has 2 nitrogen and oxygen atoms in total. The Labute approximate surface area is 80.7 Å². The van der Waals surface area contributed by atoms with Crippen molar-refractivity contribution >= 4 is 11.6 Å². The molecule has 0 aliphatic heterocycles. The summed E-state index contributed by atoms with van der Waals surface area (Å²) in [7, 11) is 0. The number of hydrogen-bond acceptors (Lipinski definition) is 2. The number of halogens is 1. The molecular weight excluding hydrogens is 183 g/mol. The van der Waals surface area contributed by atoms with Crippen LogP contribution in [0.5, 0.6) is 0 Å². The van der Waals surface area contributed by atoms with Crippen LogP contribution in [0.2, 0.25) is 0 Å². The molecule has 1 saturated carbocycles. The molecule has 3 heteroatoms. The van der Waals surface area contributed by atoms with Gasteiger partial charge in [-0.05, 0) is 37.1 Å². The summed E-state index contributed by atoms with van der Waals surface area (Å²) in [6, 6.07) is 5.07. The first kappa shape index (κ1) is 9.06. The first-order chi connectivity index (χ1) is 6.68. The van der Waals surface area contributed by atoms with Crippen molar-refractivity contribution in [3.05, 3.63) is 35.6 Å². The summed E-state index contributed by atoms with van der Waals surface area (Å²) in [6.07, 6.45) is 1.62. The summed E-state index contributed by atoms with van der Waals surface area (Å²) < 4.78 is 12.5. The second-order valence-corrected chi connectivity index (χ2v) is 3.47. The molecule has 0 amide bonds. The lowest BCUT2D eigenvalue weighted by Gasteiger charge is -1.97. The lowest BCUT2D eigenvalue weighted by atomic mass is 10.0. The smallest absolute Gasteiger partial charge is 0.228 e. The van der Waals surface area contributed by atoms with Gasteiger partial charge in [-0.25, -0.2) is 4.39 Å². The van der Waals surface area contributed by atoms with E-state index in [-0.39, 0.29) is 17.3 Å². The predicted molar refractivity (Wildman–Crippen MR) is 48.5 cm³/mol. The van der Waals surface area contributed by atoms with Crippen molar-refractivity contribution in [3.8, 4) is 0 Å². The zero-order valence-corrected chi connectivity index (χ0v) is 7.50. The van der Waals surface area contributed by atoms with E-state index in [0.717, 1.165) is 12.8 Å². The molecule has 0 radical (unpaired) electrons. The van der Waals surface area contributed by atoms with Gasteiger partial charge < -0.3 is 0 Å². The highest BCUT2D eigenvalue weighted by Crippen LogP contribution is 2.30. The molecule has 14 heavy (non-hydrogen) atoms. The van der Waals surface area contributed by atoms with Crippen LogP contribution in [0.25, 0.3) is 0 Å². The SMILES string of the molecule is O=C(C(=O)C1CC1)c1ccc(F)cc1. The van der Waals surface area contributed by atoms with E-state index in [1.807, 2.05) is 0 Å². The summed E-state index contributed by atoms with van der Waals surface area (Å²) in [6.45, 7) is 0. The first-order valence-corrected chi connectivity index (χ1v) is 4.52. The van der Waals surface area contributed by atoms with Crippen molar-refractivity contribution in [1.82, 2.24) is 0 Å². The van der Waals surface area contributed by atoms with E-state index in [2.05, 4.69) is 0 Å². The summed E-state index contributed by atoms with van der Waals surface area (Å²) >= 11 is 0. The molecule has 0 heterocycles. The monoisotopic (exact) mass is 192 g/mol. The number of carbonyl (C=O) groups excluding carboxylic acids is 2. The highest BCUT2D eigenvalue weighted by atomic mass is 19.1. The Hall–Kier alpha value is -1.51. The Morgan fingerprint density at radius 2 is 1.71 bits per heavy atom. The normalized spacial score (nSPS) is 15.2. The summed E-state index contributed by atoms with van der Waals surface area (Å²) in [4.78, 5) is 22.8. The molecule has 1 fully saturated rings. The van der Waals surface area contributed by atoms with Crippen molar-refractivity contribution in [3.63, 3.8) is 0 Å². The Morgan fingerprint density at radius 3 is 2.21 bits per heavy atom. The lowest BCUT2D eigenvalue weighted by Crippen LogP contribution is -2.15. The molecule has 0 bridgehead atoms. The maximum Gasteiger partial charge on any atom is 0.228 e. The van der Waals surface area contributed by atoms with Gasteiger partial charge in [-0.3, -0.25) is 9.59 Å². The topological polar surface area (TPSA) is 34.1 Å². The van der Waals surface area contributed by atoms with E-state index >= 15 is 0 Å². The Balaban J connectivity index is 2.18. The Morgan fingerprint density at radius 1 is 1.14 bits per heavy atom. The predicted octanol–water partition coefficient (Wildman–Crippen LogP) is 1.99. The molecule has 0 spiro atoms. The molecule has 0 saturated heterocycles. The molecule has 1 aromatic carbocycles. The van der Waals surface area contributed by atoms with E-state index in [9.17, 15) is 14.0 Å².